The van der Waals surface area contributed by atoms with Gasteiger partial charge < -0.3 is 4.90 Å². The third-order valence-electron chi connectivity index (χ3n) is 2.66. The van der Waals surface area contributed by atoms with E-state index in [1.165, 1.54) is 25.1 Å². The van der Waals surface area contributed by atoms with Gasteiger partial charge in [0.2, 0.25) is 0 Å². The molecule has 1 heteroatoms. The second kappa shape index (κ2) is 3.28. The maximum atomic E-state index is 2.40. The first-order chi connectivity index (χ1) is 5.86. The summed E-state index contributed by atoms with van der Waals surface area (Å²) in [7, 11) is 2.20. The molecule has 1 aliphatic heterocycles. The summed E-state index contributed by atoms with van der Waals surface area (Å²) in [5.41, 5.74) is 1.50. The first-order valence-electron chi connectivity index (χ1n) is 4.60. The molecule has 2 rings (SSSR count). The van der Waals surface area contributed by atoms with Crippen molar-refractivity contribution >= 4 is 0 Å². The molecule has 64 valence electrons. The highest BCUT2D eigenvalue weighted by Gasteiger charge is 2.20. The first-order valence-corrected chi connectivity index (χ1v) is 4.60. The molecule has 0 unspecified atom stereocenters. The van der Waals surface area contributed by atoms with Crippen molar-refractivity contribution in [2.75, 3.05) is 20.1 Å². The first kappa shape index (κ1) is 7.81. The molecule has 0 aliphatic carbocycles. The Morgan fingerprint density at radius 3 is 2.58 bits per heavy atom. The number of hydrogen-bond acceptors (Lipinski definition) is 1. The van der Waals surface area contributed by atoms with Gasteiger partial charge in [0.1, 0.15) is 0 Å². The van der Waals surface area contributed by atoms with Gasteiger partial charge >= 0.3 is 0 Å². The largest absolute Gasteiger partial charge is 0.306 e. The standard InChI is InChI=1S/C11H15N/c1-12-8-7-11(9-12)10-5-3-2-4-6-10/h2-6,11H,7-9H2,1H3/t11-/m0/s1. The Morgan fingerprint density at radius 2 is 2.00 bits per heavy atom. The van der Waals surface area contributed by atoms with Crippen LogP contribution in [0.15, 0.2) is 30.3 Å². The molecule has 1 aliphatic rings. The summed E-state index contributed by atoms with van der Waals surface area (Å²) in [5.74, 6) is 0.774. The summed E-state index contributed by atoms with van der Waals surface area (Å²) in [6.45, 7) is 2.48. The van der Waals surface area contributed by atoms with Crippen molar-refractivity contribution in [3.05, 3.63) is 35.9 Å². The van der Waals surface area contributed by atoms with Crippen molar-refractivity contribution < 1.29 is 0 Å². The maximum absolute atomic E-state index is 2.40. The Bertz CT molecular complexity index is 242. The number of likely N-dealkylation sites (N-methyl/N-ethyl adjacent to an activating group) is 1. The molecule has 0 spiro atoms. The van der Waals surface area contributed by atoms with Crippen molar-refractivity contribution in [3.63, 3.8) is 0 Å². The van der Waals surface area contributed by atoms with E-state index in [4.69, 9.17) is 0 Å². The molecule has 1 atom stereocenters. The monoisotopic (exact) mass is 161 g/mol. The molecule has 1 aromatic rings. The van der Waals surface area contributed by atoms with Gasteiger partial charge in [0.15, 0.2) is 0 Å². The minimum atomic E-state index is 0.774. The lowest BCUT2D eigenvalue weighted by atomic mass is 9.99. The fourth-order valence-corrected chi connectivity index (χ4v) is 1.93. The van der Waals surface area contributed by atoms with Gasteiger partial charge in [-0.15, -0.1) is 0 Å². The van der Waals surface area contributed by atoms with Crippen LogP contribution in [0.4, 0.5) is 0 Å². The van der Waals surface area contributed by atoms with Gasteiger partial charge in [-0.1, -0.05) is 30.3 Å². The molecule has 0 amide bonds. The molecule has 1 aromatic carbocycles. The lowest BCUT2D eigenvalue weighted by molar-refractivity contribution is 0.411. The zero-order chi connectivity index (χ0) is 8.39. The van der Waals surface area contributed by atoms with Crippen LogP contribution in [0.1, 0.15) is 17.9 Å². The fourth-order valence-electron chi connectivity index (χ4n) is 1.93. The summed E-state index contributed by atoms with van der Waals surface area (Å²) < 4.78 is 0. The summed E-state index contributed by atoms with van der Waals surface area (Å²) in [5, 5.41) is 0. The predicted octanol–water partition coefficient (Wildman–Crippen LogP) is 2.11. The number of benzene rings is 1. The molecule has 0 radical (unpaired) electrons. The van der Waals surface area contributed by atoms with Crippen molar-refractivity contribution in [3.8, 4) is 0 Å². The normalized spacial score (nSPS) is 24.6. The molecular formula is C11H15N. The zero-order valence-corrected chi connectivity index (χ0v) is 7.53. The van der Waals surface area contributed by atoms with Gasteiger partial charge in [0.05, 0.1) is 0 Å². The summed E-state index contributed by atoms with van der Waals surface area (Å²) in [4.78, 5) is 2.40. The van der Waals surface area contributed by atoms with E-state index >= 15 is 0 Å². The van der Waals surface area contributed by atoms with Crippen LogP contribution in [0.2, 0.25) is 0 Å². The smallest absolute Gasteiger partial charge is 0.00477 e. The van der Waals surface area contributed by atoms with E-state index in [1.54, 1.807) is 0 Å². The number of nitrogens with zero attached hydrogens (tertiary/aromatic N) is 1. The lowest BCUT2D eigenvalue weighted by Crippen LogP contribution is -2.13. The van der Waals surface area contributed by atoms with Crippen molar-refractivity contribution in [2.45, 2.75) is 12.3 Å². The van der Waals surface area contributed by atoms with E-state index in [1.807, 2.05) is 0 Å². The highest BCUT2D eigenvalue weighted by atomic mass is 15.1. The Morgan fingerprint density at radius 1 is 1.25 bits per heavy atom. The molecule has 12 heavy (non-hydrogen) atoms. The Kier molecular flexibility index (Phi) is 2.13. The van der Waals surface area contributed by atoms with Crippen LogP contribution >= 0.6 is 0 Å². The molecule has 1 heterocycles. The van der Waals surface area contributed by atoms with E-state index < -0.39 is 0 Å². The van der Waals surface area contributed by atoms with Crippen LogP contribution in [0.25, 0.3) is 0 Å². The summed E-state index contributed by atoms with van der Waals surface area (Å²) in [6, 6.07) is 10.8. The van der Waals surface area contributed by atoms with E-state index in [-0.39, 0.29) is 0 Å². The minimum absolute atomic E-state index is 0.774. The van der Waals surface area contributed by atoms with E-state index in [0.717, 1.165) is 5.92 Å². The van der Waals surface area contributed by atoms with E-state index in [2.05, 4.69) is 42.3 Å². The van der Waals surface area contributed by atoms with Gasteiger partial charge in [-0.2, -0.15) is 0 Å². The Hall–Kier alpha value is -0.820. The summed E-state index contributed by atoms with van der Waals surface area (Å²) >= 11 is 0. The fraction of sp³-hybridized carbons (Fsp3) is 0.455. The third-order valence-corrected chi connectivity index (χ3v) is 2.66. The Balaban J connectivity index is 2.11. The molecule has 0 aromatic heterocycles. The molecule has 0 saturated carbocycles. The van der Waals surface area contributed by atoms with Gasteiger partial charge in [0.25, 0.3) is 0 Å². The topological polar surface area (TPSA) is 3.24 Å². The van der Waals surface area contributed by atoms with E-state index in [0.29, 0.717) is 0 Å². The second-order valence-electron chi connectivity index (χ2n) is 3.66. The van der Waals surface area contributed by atoms with E-state index in [9.17, 15) is 0 Å². The maximum Gasteiger partial charge on any atom is 0.00477 e. The van der Waals surface area contributed by atoms with Crippen molar-refractivity contribution in [2.24, 2.45) is 0 Å². The summed E-state index contributed by atoms with van der Waals surface area (Å²) in [6.07, 6.45) is 1.32. The average molecular weight is 161 g/mol. The molecular weight excluding hydrogens is 146 g/mol. The second-order valence-corrected chi connectivity index (χ2v) is 3.66. The zero-order valence-electron chi connectivity index (χ0n) is 7.53. The van der Waals surface area contributed by atoms with Crippen LogP contribution in [0.5, 0.6) is 0 Å². The Labute approximate surface area is 74.0 Å². The average Bonchev–Trinajstić information content (AvgIpc) is 2.54. The number of hydrogen-bond donors (Lipinski definition) is 0. The molecule has 1 fully saturated rings. The van der Waals surface area contributed by atoms with Crippen LogP contribution in [-0.2, 0) is 0 Å². The van der Waals surface area contributed by atoms with Gasteiger partial charge in [0, 0.05) is 6.54 Å². The molecule has 1 nitrogen and oxygen atoms in total. The van der Waals surface area contributed by atoms with Gasteiger partial charge in [-0.05, 0) is 31.5 Å². The van der Waals surface area contributed by atoms with Crippen LogP contribution in [0.3, 0.4) is 0 Å². The molecule has 0 bridgehead atoms. The van der Waals surface area contributed by atoms with Crippen LogP contribution < -0.4 is 0 Å². The quantitative estimate of drug-likeness (QED) is 0.609. The SMILES string of the molecule is CN1CC[C@H](c2ccccc2)C1. The van der Waals surface area contributed by atoms with Gasteiger partial charge in [-0.25, -0.2) is 0 Å². The predicted molar refractivity (Wildman–Crippen MR) is 51.3 cm³/mol. The van der Waals surface area contributed by atoms with Gasteiger partial charge in [-0.3, -0.25) is 0 Å². The van der Waals surface area contributed by atoms with Crippen LogP contribution in [0, 0.1) is 0 Å². The minimum Gasteiger partial charge on any atom is -0.306 e. The van der Waals surface area contributed by atoms with Crippen LogP contribution in [-0.4, -0.2) is 25.0 Å². The molecule has 1 saturated heterocycles. The number of likely N-dealkylation sites (tertiary alicyclic amines) is 1. The highest BCUT2D eigenvalue weighted by molar-refractivity contribution is 5.20. The third kappa shape index (κ3) is 1.51. The van der Waals surface area contributed by atoms with Crippen molar-refractivity contribution in [1.29, 1.82) is 0 Å². The van der Waals surface area contributed by atoms with Crippen molar-refractivity contribution in [1.82, 2.24) is 4.90 Å². The number of rotatable bonds is 1. The lowest BCUT2D eigenvalue weighted by Gasteiger charge is -2.09. The highest BCUT2D eigenvalue weighted by Crippen LogP contribution is 2.25. The molecule has 0 N–H and O–H groups in total.